The Bertz CT molecular complexity index is 1520. The maximum absolute atomic E-state index is 12.3. The number of fused-ring (bicyclic) bond motifs is 2. The van der Waals surface area contributed by atoms with Crippen LogP contribution >= 0.6 is 15.9 Å². The number of benzene rings is 4. The standard InChI is InChI=1S/C29H24BrN3O2/c30-25-16-24(29(35)27-23(25)14-7-15-32-27)28(20-9-2-1-3-10-20)33(18-26(31)34)17-21-12-6-11-19-8-4-5-13-22(19)21/h1-16,28,35H,17-18H2,(H2,31,34). The number of aromatic nitrogens is 1. The third-order valence-electron chi connectivity index (χ3n) is 6.23. The lowest BCUT2D eigenvalue weighted by molar-refractivity contribution is -0.119. The van der Waals surface area contributed by atoms with Crippen molar-refractivity contribution in [1.82, 2.24) is 9.88 Å². The summed E-state index contributed by atoms with van der Waals surface area (Å²) in [5.41, 5.74) is 8.91. The second kappa shape index (κ2) is 9.86. The number of nitrogens with two attached hydrogens (primary N) is 1. The van der Waals surface area contributed by atoms with Crippen LogP contribution in [0.15, 0.2) is 102 Å². The minimum absolute atomic E-state index is 0.0140. The molecule has 4 aromatic carbocycles. The highest BCUT2D eigenvalue weighted by atomic mass is 79.9. The zero-order chi connectivity index (χ0) is 24.4. The van der Waals surface area contributed by atoms with Crippen LogP contribution in [0.2, 0.25) is 0 Å². The van der Waals surface area contributed by atoms with Crippen LogP contribution in [0.4, 0.5) is 0 Å². The van der Waals surface area contributed by atoms with Crippen LogP contribution < -0.4 is 5.73 Å². The first-order chi connectivity index (χ1) is 17.0. The highest BCUT2D eigenvalue weighted by molar-refractivity contribution is 9.10. The molecule has 174 valence electrons. The van der Waals surface area contributed by atoms with Gasteiger partial charge in [0.15, 0.2) is 0 Å². The van der Waals surface area contributed by atoms with E-state index in [1.807, 2.05) is 71.6 Å². The SMILES string of the molecule is NC(=O)CN(Cc1cccc2ccccc12)C(c1ccccc1)c1cc(Br)c2cccnc2c1O. The Morgan fingerprint density at radius 1 is 0.943 bits per heavy atom. The average Bonchev–Trinajstić information content (AvgIpc) is 2.87. The van der Waals surface area contributed by atoms with E-state index in [0.29, 0.717) is 17.6 Å². The zero-order valence-electron chi connectivity index (χ0n) is 18.9. The molecule has 0 aliphatic heterocycles. The molecule has 0 saturated carbocycles. The molecule has 0 spiro atoms. The van der Waals surface area contributed by atoms with Crippen LogP contribution in [0, 0.1) is 0 Å². The van der Waals surface area contributed by atoms with Crippen LogP contribution in [0.5, 0.6) is 5.75 Å². The van der Waals surface area contributed by atoms with Crippen LogP contribution in [-0.4, -0.2) is 27.4 Å². The maximum atomic E-state index is 12.3. The van der Waals surface area contributed by atoms with Gasteiger partial charge in [-0.05, 0) is 34.0 Å². The van der Waals surface area contributed by atoms with E-state index in [4.69, 9.17) is 5.73 Å². The average molecular weight is 526 g/mol. The first-order valence-corrected chi connectivity index (χ1v) is 12.1. The molecule has 0 bridgehead atoms. The number of rotatable bonds is 7. The second-order valence-corrected chi connectivity index (χ2v) is 9.37. The van der Waals surface area contributed by atoms with Crippen molar-refractivity contribution in [2.75, 3.05) is 6.54 Å². The van der Waals surface area contributed by atoms with Crippen molar-refractivity contribution in [3.05, 3.63) is 118 Å². The number of aromatic hydroxyl groups is 1. The molecule has 35 heavy (non-hydrogen) atoms. The van der Waals surface area contributed by atoms with E-state index in [2.05, 4.69) is 45.2 Å². The van der Waals surface area contributed by atoms with Gasteiger partial charge in [-0.2, -0.15) is 0 Å². The van der Waals surface area contributed by atoms with Crippen molar-refractivity contribution in [3.63, 3.8) is 0 Å². The molecular formula is C29H24BrN3O2. The number of phenols is 1. The summed E-state index contributed by atoms with van der Waals surface area (Å²) < 4.78 is 0.818. The number of carbonyl (C=O) groups excluding carboxylic acids is 1. The van der Waals surface area contributed by atoms with Crippen molar-refractivity contribution < 1.29 is 9.90 Å². The number of carbonyl (C=O) groups is 1. The van der Waals surface area contributed by atoms with Crippen molar-refractivity contribution in [2.24, 2.45) is 5.73 Å². The minimum atomic E-state index is -0.441. The summed E-state index contributed by atoms with van der Waals surface area (Å²) in [6.07, 6.45) is 1.66. The molecule has 1 atom stereocenters. The Balaban J connectivity index is 1.71. The fourth-order valence-electron chi connectivity index (χ4n) is 4.72. The van der Waals surface area contributed by atoms with Gasteiger partial charge < -0.3 is 10.8 Å². The molecule has 5 nitrogen and oxygen atoms in total. The van der Waals surface area contributed by atoms with Gasteiger partial charge >= 0.3 is 0 Å². The lowest BCUT2D eigenvalue weighted by Crippen LogP contribution is -2.37. The van der Waals surface area contributed by atoms with Crippen molar-refractivity contribution >= 4 is 43.5 Å². The molecule has 1 amide bonds. The van der Waals surface area contributed by atoms with E-state index < -0.39 is 11.9 Å². The highest BCUT2D eigenvalue weighted by Gasteiger charge is 2.28. The third kappa shape index (κ3) is 4.63. The second-order valence-electron chi connectivity index (χ2n) is 8.52. The van der Waals surface area contributed by atoms with Crippen LogP contribution in [0.1, 0.15) is 22.7 Å². The summed E-state index contributed by atoms with van der Waals surface area (Å²) in [5, 5.41) is 14.5. The van der Waals surface area contributed by atoms with Crippen LogP contribution in [0.25, 0.3) is 21.7 Å². The molecule has 0 saturated heterocycles. The first-order valence-electron chi connectivity index (χ1n) is 11.3. The molecule has 5 aromatic rings. The van der Waals surface area contributed by atoms with Crippen molar-refractivity contribution in [3.8, 4) is 5.75 Å². The predicted octanol–water partition coefficient (Wildman–Crippen LogP) is 5.93. The highest BCUT2D eigenvalue weighted by Crippen LogP contribution is 2.41. The lowest BCUT2D eigenvalue weighted by atomic mass is 9.93. The number of phenolic OH excluding ortho intramolecular Hbond substituents is 1. The summed E-state index contributed by atoms with van der Waals surface area (Å²) in [6, 6.07) is 29.4. The smallest absolute Gasteiger partial charge is 0.231 e. The largest absolute Gasteiger partial charge is 0.505 e. The lowest BCUT2D eigenvalue weighted by Gasteiger charge is -2.33. The molecule has 1 aromatic heterocycles. The van der Waals surface area contributed by atoms with Gasteiger partial charge in [-0.3, -0.25) is 14.7 Å². The van der Waals surface area contributed by atoms with E-state index in [1.54, 1.807) is 6.20 Å². The molecule has 0 aliphatic rings. The van der Waals surface area contributed by atoms with Gasteiger partial charge in [-0.15, -0.1) is 0 Å². The van der Waals surface area contributed by atoms with E-state index in [0.717, 1.165) is 31.8 Å². The Hall–Kier alpha value is -3.74. The fourth-order valence-corrected chi connectivity index (χ4v) is 5.29. The Labute approximate surface area is 212 Å². The van der Waals surface area contributed by atoms with E-state index in [9.17, 15) is 9.90 Å². The molecular weight excluding hydrogens is 502 g/mol. The summed E-state index contributed by atoms with van der Waals surface area (Å²) >= 11 is 3.66. The quantitative estimate of drug-likeness (QED) is 0.276. The minimum Gasteiger partial charge on any atom is -0.505 e. The summed E-state index contributed by atoms with van der Waals surface area (Å²) in [7, 11) is 0. The van der Waals surface area contributed by atoms with Crippen LogP contribution in [0.3, 0.4) is 0 Å². The van der Waals surface area contributed by atoms with Crippen molar-refractivity contribution in [2.45, 2.75) is 12.6 Å². The van der Waals surface area contributed by atoms with Gasteiger partial charge in [-0.25, -0.2) is 0 Å². The third-order valence-corrected chi connectivity index (χ3v) is 6.89. The molecule has 1 heterocycles. The molecule has 6 heteroatoms. The number of pyridine rings is 1. The van der Waals surface area contributed by atoms with E-state index >= 15 is 0 Å². The maximum Gasteiger partial charge on any atom is 0.231 e. The number of primary amides is 1. The molecule has 5 rings (SSSR count). The molecule has 0 aliphatic carbocycles. The Kier molecular flexibility index (Phi) is 6.49. The van der Waals surface area contributed by atoms with Crippen molar-refractivity contribution in [1.29, 1.82) is 0 Å². The van der Waals surface area contributed by atoms with Gasteiger partial charge in [0.2, 0.25) is 5.91 Å². The number of hydrogen-bond donors (Lipinski definition) is 2. The number of nitrogens with zero attached hydrogens (tertiary/aromatic N) is 2. The molecule has 1 unspecified atom stereocenters. The predicted molar refractivity (Wildman–Crippen MR) is 143 cm³/mol. The summed E-state index contributed by atoms with van der Waals surface area (Å²) in [5.74, 6) is -0.353. The number of hydrogen-bond acceptors (Lipinski definition) is 4. The topological polar surface area (TPSA) is 79.5 Å². The molecule has 0 radical (unpaired) electrons. The first kappa shape index (κ1) is 23.0. The summed E-state index contributed by atoms with van der Waals surface area (Å²) in [4.78, 5) is 18.7. The van der Waals surface area contributed by atoms with Gasteiger partial charge in [0.05, 0.1) is 12.6 Å². The number of amides is 1. The molecule has 0 fully saturated rings. The van der Waals surface area contributed by atoms with E-state index in [-0.39, 0.29) is 12.3 Å². The monoisotopic (exact) mass is 525 g/mol. The van der Waals surface area contributed by atoms with Gasteiger partial charge in [0.25, 0.3) is 0 Å². The van der Waals surface area contributed by atoms with E-state index in [1.165, 1.54) is 0 Å². The van der Waals surface area contributed by atoms with Gasteiger partial charge in [0.1, 0.15) is 11.3 Å². The Morgan fingerprint density at radius 3 is 2.46 bits per heavy atom. The zero-order valence-corrected chi connectivity index (χ0v) is 20.5. The van der Waals surface area contributed by atoms with Crippen LogP contribution in [-0.2, 0) is 11.3 Å². The normalized spacial score (nSPS) is 12.3. The summed E-state index contributed by atoms with van der Waals surface area (Å²) in [6.45, 7) is 0.473. The number of halogens is 1. The fraction of sp³-hybridized carbons (Fsp3) is 0.103. The van der Waals surface area contributed by atoms with Gasteiger partial charge in [0, 0.05) is 28.2 Å². The van der Waals surface area contributed by atoms with Gasteiger partial charge in [-0.1, -0.05) is 94.8 Å². The molecule has 3 N–H and O–H groups in total. The Morgan fingerprint density at radius 2 is 1.66 bits per heavy atom.